The van der Waals surface area contributed by atoms with E-state index in [1.54, 1.807) is 18.2 Å². The molecule has 1 aliphatic heterocycles. The zero-order valence-corrected chi connectivity index (χ0v) is 17.8. The number of benzene rings is 2. The first-order valence-corrected chi connectivity index (χ1v) is 10.1. The van der Waals surface area contributed by atoms with Gasteiger partial charge < -0.3 is 14.6 Å². The Bertz CT molecular complexity index is 951. The fourth-order valence-electron chi connectivity index (χ4n) is 3.98. The Hall–Kier alpha value is -2.45. The van der Waals surface area contributed by atoms with Crippen LogP contribution in [-0.4, -0.2) is 43.3 Å². The van der Waals surface area contributed by atoms with Gasteiger partial charge in [-0.3, -0.25) is 9.69 Å². The van der Waals surface area contributed by atoms with E-state index in [-0.39, 0.29) is 17.1 Å². The first-order valence-electron chi connectivity index (χ1n) is 9.71. The van der Waals surface area contributed by atoms with Crippen LogP contribution in [0, 0.1) is 5.92 Å². The lowest BCUT2D eigenvalue weighted by Crippen LogP contribution is -2.41. The summed E-state index contributed by atoms with van der Waals surface area (Å²) in [5.41, 5.74) is -0.00210. The highest BCUT2D eigenvalue weighted by Crippen LogP contribution is 2.43. The molecular formula is C22H23ClF3NO4. The van der Waals surface area contributed by atoms with E-state index in [1.807, 2.05) is 4.90 Å². The van der Waals surface area contributed by atoms with Gasteiger partial charge in [-0.1, -0.05) is 11.6 Å². The first kappa shape index (κ1) is 23.2. The molecule has 0 aromatic heterocycles. The average molecular weight is 458 g/mol. The van der Waals surface area contributed by atoms with Crippen LogP contribution in [0.5, 0.6) is 11.5 Å². The maximum absolute atomic E-state index is 13.4. The number of likely N-dealkylation sites (tertiary alicyclic amines) is 1. The van der Waals surface area contributed by atoms with Crippen LogP contribution in [0.4, 0.5) is 13.2 Å². The maximum atomic E-state index is 13.4. The lowest BCUT2D eigenvalue weighted by atomic mass is 9.90. The molecule has 1 fully saturated rings. The number of ether oxygens (including phenoxy) is 2. The summed E-state index contributed by atoms with van der Waals surface area (Å²) >= 11 is 6.39. The van der Waals surface area contributed by atoms with E-state index in [2.05, 4.69) is 0 Å². The Kier molecular flexibility index (Phi) is 7.01. The molecular weight excluding hydrogens is 435 g/mol. The van der Waals surface area contributed by atoms with E-state index in [4.69, 9.17) is 21.1 Å². The molecule has 2 aromatic carbocycles. The lowest BCUT2D eigenvalue weighted by Gasteiger charge is -2.38. The molecule has 3 rings (SSSR count). The number of piperidine rings is 1. The SMILES string of the molecule is COc1ccc(C(c2cc(C(F)(F)F)ccc2Cl)N2CCCC(C(=O)O)C2)c(OC)c1. The van der Waals surface area contributed by atoms with Gasteiger partial charge in [0.2, 0.25) is 0 Å². The number of hydrogen-bond donors (Lipinski definition) is 1. The predicted molar refractivity (Wildman–Crippen MR) is 110 cm³/mol. The predicted octanol–water partition coefficient (Wildman–Crippen LogP) is 5.26. The third kappa shape index (κ3) is 5.07. The second kappa shape index (κ2) is 9.36. The number of hydrogen-bond acceptors (Lipinski definition) is 4. The van der Waals surface area contributed by atoms with Crippen molar-refractivity contribution in [1.82, 2.24) is 4.90 Å². The molecule has 1 N–H and O–H groups in total. The van der Waals surface area contributed by atoms with Crippen LogP contribution in [0.25, 0.3) is 0 Å². The third-order valence-corrected chi connectivity index (χ3v) is 5.86. The largest absolute Gasteiger partial charge is 0.497 e. The summed E-state index contributed by atoms with van der Waals surface area (Å²) in [4.78, 5) is 13.5. The molecule has 0 bridgehead atoms. The Morgan fingerprint density at radius 2 is 1.90 bits per heavy atom. The van der Waals surface area contributed by atoms with Crippen molar-refractivity contribution < 1.29 is 32.5 Å². The van der Waals surface area contributed by atoms with Crippen molar-refractivity contribution in [3.63, 3.8) is 0 Å². The molecule has 2 unspecified atom stereocenters. The third-order valence-electron chi connectivity index (χ3n) is 5.52. The number of nitrogens with zero attached hydrogens (tertiary/aromatic N) is 1. The molecule has 31 heavy (non-hydrogen) atoms. The monoisotopic (exact) mass is 457 g/mol. The van der Waals surface area contributed by atoms with Crippen molar-refractivity contribution >= 4 is 17.6 Å². The zero-order chi connectivity index (χ0) is 22.8. The molecule has 0 amide bonds. The van der Waals surface area contributed by atoms with Crippen LogP contribution in [0.3, 0.4) is 0 Å². The molecule has 2 atom stereocenters. The summed E-state index contributed by atoms with van der Waals surface area (Å²) in [6, 6.07) is 7.50. The molecule has 5 nitrogen and oxygen atoms in total. The van der Waals surface area contributed by atoms with Gasteiger partial charge in [-0.2, -0.15) is 13.2 Å². The van der Waals surface area contributed by atoms with Crippen molar-refractivity contribution in [2.24, 2.45) is 5.92 Å². The molecule has 0 radical (unpaired) electrons. The highest BCUT2D eigenvalue weighted by molar-refractivity contribution is 6.31. The number of rotatable bonds is 6. The van der Waals surface area contributed by atoms with Gasteiger partial charge in [-0.05, 0) is 55.3 Å². The van der Waals surface area contributed by atoms with Crippen molar-refractivity contribution in [3.8, 4) is 11.5 Å². The number of carbonyl (C=O) groups is 1. The maximum Gasteiger partial charge on any atom is 0.416 e. The van der Waals surface area contributed by atoms with E-state index in [0.29, 0.717) is 36.4 Å². The van der Waals surface area contributed by atoms with Gasteiger partial charge in [0.15, 0.2) is 0 Å². The number of aliphatic carboxylic acids is 1. The fourth-order valence-corrected chi connectivity index (χ4v) is 4.20. The quantitative estimate of drug-likeness (QED) is 0.641. The van der Waals surface area contributed by atoms with Gasteiger partial charge in [-0.15, -0.1) is 0 Å². The Labute approximate surface area is 183 Å². The summed E-state index contributed by atoms with van der Waals surface area (Å²) in [6.07, 6.45) is -3.43. The van der Waals surface area contributed by atoms with Gasteiger partial charge in [0.05, 0.1) is 31.7 Å². The molecule has 2 aromatic rings. The summed E-state index contributed by atoms with van der Waals surface area (Å²) in [5.74, 6) is -0.614. The minimum absolute atomic E-state index is 0.160. The summed E-state index contributed by atoms with van der Waals surface area (Å²) < 4.78 is 51.1. The highest BCUT2D eigenvalue weighted by atomic mass is 35.5. The number of carboxylic acids is 1. The van der Waals surface area contributed by atoms with E-state index in [1.165, 1.54) is 20.3 Å². The van der Waals surface area contributed by atoms with Gasteiger partial charge in [0.1, 0.15) is 11.5 Å². The number of alkyl halides is 3. The van der Waals surface area contributed by atoms with E-state index < -0.39 is 29.7 Å². The van der Waals surface area contributed by atoms with Gasteiger partial charge in [0.25, 0.3) is 0 Å². The number of methoxy groups -OCH3 is 2. The topological polar surface area (TPSA) is 59.0 Å². The molecule has 1 aliphatic rings. The molecule has 1 heterocycles. The van der Waals surface area contributed by atoms with Crippen LogP contribution < -0.4 is 9.47 Å². The average Bonchev–Trinajstić information content (AvgIpc) is 2.74. The second-order valence-corrected chi connectivity index (χ2v) is 7.82. The second-order valence-electron chi connectivity index (χ2n) is 7.42. The van der Waals surface area contributed by atoms with Crippen molar-refractivity contribution in [2.75, 3.05) is 27.3 Å². The molecule has 0 aliphatic carbocycles. The number of carboxylic acid groups (broad SMARTS) is 1. The van der Waals surface area contributed by atoms with Crippen LogP contribution in [0.2, 0.25) is 5.02 Å². The zero-order valence-electron chi connectivity index (χ0n) is 17.1. The number of halogens is 4. The lowest BCUT2D eigenvalue weighted by molar-refractivity contribution is -0.143. The Morgan fingerprint density at radius 1 is 1.16 bits per heavy atom. The Morgan fingerprint density at radius 3 is 2.52 bits per heavy atom. The molecule has 168 valence electrons. The van der Waals surface area contributed by atoms with Gasteiger partial charge >= 0.3 is 12.1 Å². The summed E-state index contributed by atoms with van der Waals surface area (Å²) in [7, 11) is 2.96. The first-order chi connectivity index (χ1) is 14.7. The summed E-state index contributed by atoms with van der Waals surface area (Å²) in [5, 5.41) is 9.67. The van der Waals surface area contributed by atoms with Crippen LogP contribution in [-0.2, 0) is 11.0 Å². The van der Waals surface area contributed by atoms with Gasteiger partial charge in [0, 0.05) is 23.2 Å². The van der Waals surface area contributed by atoms with E-state index >= 15 is 0 Å². The van der Waals surface area contributed by atoms with Crippen molar-refractivity contribution in [1.29, 1.82) is 0 Å². The van der Waals surface area contributed by atoms with E-state index in [0.717, 1.165) is 12.1 Å². The van der Waals surface area contributed by atoms with Gasteiger partial charge in [-0.25, -0.2) is 0 Å². The molecule has 0 spiro atoms. The fraction of sp³-hybridized carbons (Fsp3) is 0.409. The van der Waals surface area contributed by atoms with Crippen LogP contribution in [0.15, 0.2) is 36.4 Å². The minimum atomic E-state index is -4.54. The normalized spacial score (nSPS) is 18.5. The minimum Gasteiger partial charge on any atom is -0.497 e. The summed E-state index contributed by atoms with van der Waals surface area (Å²) in [6.45, 7) is 0.692. The van der Waals surface area contributed by atoms with Crippen LogP contribution in [0.1, 0.15) is 35.6 Å². The molecule has 9 heteroatoms. The molecule has 0 saturated carbocycles. The van der Waals surface area contributed by atoms with E-state index in [9.17, 15) is 23.1 Å². The van der Waals surface area contributed by atoms with Crippen molar-refractivity contribution in [2.45, 2.75) is 25.1 Å². The van der Waals surface area contributed by atoms with Crippen molar-refractivity contribution in [3.05, 3.63) is 58.1 Å². The Balaban J connectivity index is 2.18. The smallest absolute Gasteiger partial charge is 0.416 e. The highest BCUT2D eigenvalue weighted by Gasteiger charge is 2.36. The van der Waals surface area contributed by atoms with Crippen LogP contribution >= 0.6 is 11.6 Å². The standard InChI is InChI=1S/C22H23ClF3NO4/c1-30-15-6-7-16(19(11-15)31-2)20(27-9-3-4-13(12-27)21(28)29)17-10-14(22(24,25)26)5-8-18(17)23/h5-8,10-11,13,20H,3-4,9,12H2,1-2H3,(H,28,29). The molecule has 1 saturated heterocycles.